The van der Waals surface area contributed by atoms with Crippen molar-refractivity contribution in [1.29, 1.82) is 0 Å². The molecule has 2 aromatic heterocycles. The number of benzene rings is 1. The molecule has 0 fully saturated rings. The number of phenolic OH excluding ortho intramolecular Hbond substituents is 1. The van der Waals surface area contributed by atoms with Crippen molar-refractivity contribution in [2.75, 3.05) is 0 Å². The number of aromatic nitrogens is 2. The standard InChI is InChI=1S/C16H12N2O/c19-16-14(12-4-8-17-9-5-12)2-1-3-15(16)13-6-10-18-11-7-13/h1-11,19H. The number of para-hydroxylation sites is 1. The van der Waals surface area contributed by atoms with E-state index in [1.807, 2.05) is 42.5 Å². The highest BCUT2D eigenvalue weighted by atomic mass is 16.3. The van der Waals surface area contributed by atoms with Crippen LogP contribution in [0, 0.1) is 0 Å². The van der Waals surface area contributed by atoms with Crippen molar-refractivity contribution in [3.63, 3.8) is 0 Å². The Labute approximate surface area is 111 Å². The number of phenols is 1. The van der Waals surface area contributed by atoms with E-state index in [9.17, 15) is 5.11 Å². The van der Waals surface area contributed by atoms with E-state index in [-0.39, 0.29) is 5.75 Å². The molecule has 0 saturated carbocycles. The number of pyridine rings is 2. The molecule has 1 aromatic carbocycles. The summed E-state index contributed by atoms with van der Waals surface area (Å²) < 4.78 is 0. The fourth-order valence-electron chi connectivity index (χ4n) is 2.07. The van der Waals surface area contributed by atoms with Crippen LogP contribution in [-0.2, 0) is 0 Å². The molecule has 0 unspecified atom stereocenters. The smallest absolute Gasteiger partial charge is 0.131 e. The maximum Gasteiger partial charge on any atom is 0.131 e. The van der Waals surface area contributed by atoms with Gasteiger partial charge >= 0.3 is 0 Å². The van der Waals surface area contributed by atoms with Crippen molar-refractivity contribution in [2.24, 2.45) is 0 Å². The summed E-state index contributed by atoms with van der Waals surface area (Å²) in [6.07, 6.45) is 6.86. The second-order valence-electron chi connectivity index (χ2n) is 4.17. The number of rotatable bonds is 2. The largest absolute Gasteiger partial charge is 0.507 e. The van der Waals surface area contributed by atoms with Crippen LogP contribution in [0.3, 0.4) is 0 Å². The second kappa shape index (κ2) is 4.90. The van der Waals surface area contributed by atoms with Crippen LogP contribution < -0.4 is 0 Å². The van der Waals surface area contributed by atoms with Crippen molar-refractivity contribution in [3.05, 3.63) is 67.3 Å². The maximum atomic E-state index is 10.5. The lowest BCUT2D eigenvalue weighted by Gasteiger charge is -2.09. The molecule has 0 spiro atoms. The van der Waals surface area contributed by atoms with Gasteiger partial charge in [0.05, 0.1) is 0 Å². The van der Waals surface area contributed by atoms with Gasteiger partial charge in [-0.2, -0.15) is 0 Å². The van der Waals surface area contributed by atoms with Crippen molar-refractivity contribution in [3.8, 4) is 28.0 Å². The van der Waals surface area contributed by atoms with Gasteiger partial charge in [0.15, 0.2) is 0 Å². The Morgan fingerprint density at radius 3 is 1.47 bits per heavy atom. The highest BCUT2D eigenvalue weighted by molar-refractivity contribution is 5.81. The summed E-state index contributed by atoms with van der Waals surface area (Å²) in [6, 6.07) is 13.3. The minimum atomic E-state index is 0.278. The van der Waals surface area contributed by atoms with Crippen LogP contribution in [-0.4, -0.2) is 15.1 Å². The van der Waals surface area contributed by atoms with E-state index in [2.05, 4.69) is 9.97 Å². The van der Waals surface area contributed by atoms with E-state index in [1.165, 1.54) is 0 Å². The summed E-state index contributed by atoms with van der Waals surface area (Å²) in [6.45, 7) is 0. The molecule has 0 aliphatic rings. The average molecular weight is 248 g/mol. The van der Waals surface area contributed by atoms with Crippen LogP contribution in [0.15, 0.2) is 67.3 Å². The zero-order valence-corrected chi connectivity index (χ0v) is 10.2. The van der Waals surface area contributed by atoms with Gasteiger partial charge in [0.25, 0.3) is 0 Å². The van der Waals surface area contributed by atoms with Crippen molar-refractivity contribution < 1.29 is 5.11 Å². The molecular formula is C16H12N2O. The Hall–Kier alpha value is -2.68. The molecule has 3 aromatic rings. The van der Waals surface area contributed by atoms with Gasteiger partial charge in [-0.3, -0.25) is 9.97 Å². The van der Waals surface area contributed by atoms with Gasteiger partial charge in [-0.25, -0.2) is 0 Å². The third-order valence-electron chi connectivity index (χ3n) is 3.02. The molecule has 3 nitrogen and oxygen atoms in total. The van der Waals surface area contributed by atoms with E-state index < -0.39 is 0 Å². The zero-order valence-electron chi connectivity index (χ0n) is 10.2. The van der Waals surface area contributed by atoms with E-state index >= 15 is 0 Å². The van der Waals surface area contributed by atoms with Crippen LogP contribution in [0.5, 0.6) is 5.75 Å². The minimum absolute atomic E-state index is 0.278. The van der Waals surface area contributed by atoms with Crippen LogP contribution in [0.2, 0.25) is 0 Å². The highest BCUT2D eigenvalue weighted by Gasteiger charge is 2.10. The maximum absolute atomic E-state index is 10.5. The van der Waals surface area contributed by atoms with Gasteiger partial charge in [0, 0.05) is 35.9 Å². The molecule has 0 amide bonds. The van der Waals surface area contributed by atoms with Crippen molar-refractivity contribution >= 4 is 0 Å². The lowest BCUT2D eigenvalue weighted by molar-refractivity contribution is 0.479. The van der Waals surface area contributed by atoms with Crippen LogP contribution in [0.4, 0.5) is 0 Å². The summed E-state index contributed by atoms with van der Waals surface area (Å²) in [7, 11) is 0. The Bertz CT molecular complexity index is 624. The van der Waals surface area contributed by atoms with E-state index in [4.69, 9.17) is 0 Å². The first-order chi connectivity index (χ1) is 9.36. The quantitative estimate of drug-likeness (QED) is 0.754. The summed E-state index contributed by atoms with van der Waals surface area (Å²) in [5, 5.41) is 10.5. The van der Waals surface area contributed by atoms with Gasteiger partial charge in [-0.1, -0.05) is 18.2 Å². The molecule has 1 N–H and O–H groups in total. The molecule has 0 bridgehead atoms. The van der Waals surface area contributed by atoms with Gasteiger partial charge in [0.1, 0.15) is 5.75 Å². The number of nitrogens with zero attached hydrogens (tertiary/aromatic N) is 2. The van der Waals surface area contributed by atoms with Crippen molar-refractivity contribution in [2.45, 2.75) is 0 Å². The van der Waals surface area contributed by atoms with Crippen LogP contribution in [0.1, 0.15) is 0 Å². The fraction of sp³-hybridized carbons (Fsp3) is 0. The predicted octanol–water partition coefficient (Wildman–Crippen LogP) is 3.52. The van der Waals surface area contributed by atoms with E-state index in [0.29, 0.717) is 0 Å². The minimum Gasteiger partial charge on any atom is -0.507 e. The first-order valence-electron chi connectivity index (χ1n) is 5.99. The number of hydrogen-bond acceptors (Lipinski definition) is 3. The Kier molecular flexibility index (Phi) is 2.94. The van der Waals surface area contributed by atoms with Gasteiger partial charge < -0.3 is 5.11 Å². The van der Waals surface area contributed by atoms with E-state index in [0.717, 1.165) is 22.3 Å². The third-order valence-corrected chi connectivity index (χ3v) is 3.02. The monoisotopic (exact) mass is 248 g/mol. The van der Waals surface area contributed by atoms with Crippen LogP contribution >= 0.6 is 0 Å². The second-order valence-corrected chi connectivity index (χ2v) is 4.17. The summed E-state index contributed by atoms with van der Waals surface area (Å²) in [4.78, 5) is 7.98. The molecule has 3 rings (SSSR count). The Balaban J connectivity index is 2.15. The fourth-order valence-corrected chi connectivity index (χ4v) is 2.07. The molecule has 3 heteroatoms. The number of hydrogen-bond donors (Lipinski definition) is 1. The molecular weight excluding hydrogens is 236 g/mol. The molecule has 2 heterocycles. The molecule has 0 radical (unpaired) electrons. The van der Waals surface area contributed by atoms with E-state index in [1.54, 1.807) is 24.8 Å². The van der Waals surface area contributed by atoms with Gasteiger partial charge in [-0.05, 0) is 35.4 Å². The SMILES string of the molecule is Oc1c(-c2ccncc2)cccc1-c1ccncc1. The predicted molar refractivity (Wildman–Crippen MR) is 74.6 cm³/mol. The zero-order chi connectivity index (χ0) is 13.1. The Morgan fingerprint density at radius 1 is 0.632 bits per heavy atom. The van der Waals surface area contributed by atoms with Crippen molar-refractivity contribution in [1.82, 2.24) is 9.97 Å². The molecule has 0 saturated heterocycles. The number of aromatic hydroxyl groups is 1. The third kappa shape index (κ3) is 2.18. The Morgan fingerprint density at radius 2 is 1.05 bits per heavy atom. The van der Waals surface area contributed by atoms with Gasteiger partial charge in [-0.15, -0.1) is 0 Å². The molecule has 0 aliphatic carbocycles. The normalized spacial score (nSPS) is 10.3. The molecule has 0 aliphatic heterocycles. The summed E-state index contributed by atoms with van der Waals surface area (Å²) >= 11 is 0. The molecule has 0 atom stereocenters. The van der Waals surface area contributed by atoms with Gasteiger partial charge in [0.2, 0.25) is 0 Å². The first kappa shape index (κ1) is 11.4. The molecule has 92 valence electrons. The lowest BCUT2D eigenvalue weighted by atomic mass is 9.98. The van der Waals surface area contributed by atoms with Crippen LogP contribution in [0.25, 0.3) is 22.3 Å². The highest BCUT2D eigenvalue weighted by Crippen LogP contribution is 2.37. The average Bonchev–Trinajstić information content (AvgIpc) is 2.49. The summed E-state index contributed by atoms with van der Waals surface area (Å²) in [5.74, 6) is 0.278. The first-order valence-corrected chi connectivity index (χ1v) is 5.99. The topological polar surface area (TPSA) is 46.0 Å². The molecule has 19 heavy (non-hydrogen) atoms. The lowest BCUT2D eigenvalue weighted by Crippen LogP contribution is -1.84. The summed E-state index contributed by atoms with van der Waals surface area (Å²) in [5.41, 5.74) is 3.50.